The first-order valence-corrected chi connectivity index (χ1v) is 17.6. The maximum absolute atomic E-state index is 11.8. The Balaban J connectivity index is 1.28. The average molecular weight is 641 g/mol. The van der Waals surface area contributed by atoms with E-state index in [1.165, 1.54) is 7.11 Å². The van der Waals surface area contributed by atoms with Crippen LogP contribution in [0.15, 0.2) is 0 Å². The molecule has 1 spiro atoms. The van der Waals surface area contributed by atoms with E-state index in [0.717, 1.165) is 38.5 Å². The van der Waals surface area contributed by atoms with Gasteiger partial charge in [0.05, 0.1) is 59.8 Å². The molecule has 45 heavy (non-hydrogen) atoms. The van der Waals surface area contributed by atoms with E-state index in [1.54, 1.807) is 6.92 Å². The molecule has 260 valence electrons. The van der Waals surface area contributed by atoms with Crippen LogP contribution >= 0.6 is 0 Å². The number of hydrogen-bond acceptors (Lipinski definition) is 9. The van der Waals surface area contributed by atoms with E-state index in [2.05, 4.69) is 27.7 Å². The van der Waals surface area contributed by atoms with E-state index in [-0.39, 0.29) is 48.1 Å². The lowest BCUT2D eigenvalue weighted by atomic mass is 9.78. The van der Waals surface area contributed by atoms with Gasteiger partial charge in [-0.05, 0) is 64.2 Å². The summed E-state index contributed by atoms with van der Waals surface area (Å²) >= 11 is 0. The predicted octanol–water partition coefficient (Wildman–Crippen LogP) is 4.91. The summed E-state index contributed by atoms with van der Waals surface area (Å²) in [7, 11) is 1.53. The van der Waals surface area contributed by atoms with Crippen LogP contribution in [0.25, 0.3) is 0 Å². The van der Waals surface area contributed by atoms with Gasteiger partial charge < -0.3 is 43.7 Å². The van der Waals surface area contributed by atoms with E-state index in [0.29, 0.717) is 18.8 Å². The Kier molecular flexibility index (Phi) is 10.4. The number of carbonyl (C=O) groups is 1. The van der Waals surface area contributed by atoms with Gasteiger partial charge in [0.1, 0.15) is 0 Å². The van der Waals surface area contributed by atoms with E-state index in [1.807, 2.05) is 20.8 Å². The Labute approximate surface area is 269 Å². The summed E-state index contributed by atoms with van der Waals surface area (Å²) in [6.45, 7) is 16.3. The molecule has 0 aromatic rings. The largest absolute Gasteiger partial charge is 0.481 e. The number of aliphatic hydroxyl groups excluding tert-OH is 2. The molecule has 0 aromatic carbocycles. The van der Waals surface area contributed by atoms with Crippen molar-refractivity contribution in [3.63, 3.8) is 0 Å². The van der Waals surface area contributed by atoms with Gasteiger partial charge in [0.25, 0.3) is 0 Å². The molecule has 5 saturated heterocycles. The van der Waals surface area contributed by atoms with Crippen LogP contribution in [0.2, 0.25) is 0 Å². The van der Waals surface area contributed by atoms with Gasteiger partial charge in [-0.25, -0.2) is 0 Å². The number of ether oxygens (including phenoxy) is 6. The smallest absolute Gasteiger partial charge is 0.308 e. The Morgan fingerprint density at radius 3 is 2.33 bits per heavy atom. The van der Waals surface area contributed by atoms with Crippen LogP contribution in [0.1, 0.15) is 107 Å². The number of hydrogen-bond donors (Lipinski definition) is 3. The summed E-state index contributed by atoms with van der Waals surface area (Å²) in [6, 6.07) is 0. The highest BCUT2D eigenvalue weighted by atomic mass is 16.7. The molecule has 5 heterocycles. The number of carboxylic acid groups (broad SMARTS) is 1. The van der Waals surface area contributed by atoms with Gasteiger partial charge in [0.15, 0.2) is 12.1 Å². The van der Waals surface area contributed by atoms with E-state index in [4.69, 9.17) is 28.4 Å². The summed E-state index contributed by atoms with van der Waals surface area (Å²) < 4.78 is 39.3. The minimum Gasteiger partial charge on any atom is -0.481 e. The number of aliphatic carboxylic acids is 1. The van der Waals surface area contributed by atoms with Crippen molar-refractivity contribution in [2.45, 2.75) is 173 Å². The topological polar surface area (TPSA) is 133 Å². The summed E-state index contributed by atoms with van der Waals surface area (Å²) in [5.74, 6) is -2.38. The zero-order valence-electron chi connectivity index (χ0n) is 28.9. The molecule has 0 saturated carbocycles. The third-order valence-corrected chi connectivity index (χ3v) is 12.5. The molecule has 3 N–H and O–H groups in total. The van der Waals surface area contributed by atoms with Gasteiger partial charge in [-0.15, -0.1) is 0 Å². The van der Waals surface area contributed by atoms with Crippen LogP contribution in [0.3, 0.4) is 0 Å². The van der Waals surface area contributed by atoms with Crippen molar-refractivity contribution in [3.8, 4) is 0 Å². The Morgan fingerprint density at radius 2 is 1.69 bits per heavy atom. The zero-order chi connectivity index (χ0) is 33.1. The van der Waals surface area contributed by atoms with Crippen molar-refractivity contribution in [2.75, 3.05) is 7.11 Å². The number of rotatable bonds is 9. The van der Waals surface area contributed by atoms with Crippen LogP contribution in [0, 0.1) is 35.5 Å². The van der Waals surface area contributed by atoms with Gasteiger partial charge in [-0.3, -0.25) is 4.79 Å². The van der Waals surface area contributed by atoms with Crippen LogP contribution < -0.4 is 0 Å². The van der Waals surface area contributed by atoms with Gasteiger partial charge in [0, 0.05) is 37.7 Å². The number of aliphatic hydroxyl groups is 2. The minimum atomic E-state index is -0.972. The molecule has 0 aromatic heterocycles. The van der Waals surface area contributed by atoms with E-state index >= 15 is 0 Å². The Morgan fingerprint density at radius 1 is 0.978 bits per heavy atom. The molecule has 0 amide bonds. The molecule has 5 rings (SSSR count). The van der Waals surface area contributed by atoms with E-state index < -0.39 is 53.5 Å². The second-order valence-corrected chi connectivity index (χ2v) is 15.8. The van der Waals surface area contributed by atoms with Crippen molar-refractivity contribution in [1.82, 2.24) is 0 Å². The van der Waals surface area contributed by atoms with Gasteiger partial charge in [-0.2, -0.15) is 0 Å². The SMILES string of the molecule is CC[C@@]1([C@@H]2O[C@@H]([C@H]3O[C@H](O)[C@H](C)C[C@@H]3C)C[C@@H]2C)CC[C@H]([C@]2(C)CC[C@]3(C[C@H](O)[C@@H](C)[C@@H]([C@@H](C)[C@@H](OC)[C@H](C)C(=O)O)O3)O2)O1. The first kappa shape index (κ1) is 35.5. The molecule has 5 aliphatic rings. The Hall–Kier alpha value is -0.850. The van der Waals surface area contributed by atoms with Gasteiger partial charge >= 0.3 is 5.97 Å². The molecule has 5 aliphatic heterocycles. The number of carboxylic acids is 1. The molecule has 10 nitrogen and oxygen atoms in total. The lowest BCUT2D eigenvalue weighted by molar-refractivity contribution is -0.335. The third kappa shape index (κ3) is 6.48. The first-order chi connectivity index (χ1) is 21.1. The second-order valence-electron chi connectivity index (χ2n) is 15.8. The molecular weight excluding hydrogens is 580 g/mol. The molecule has 0 bridgehead atoms. The third-order valence-electron chi connectivity index (χ3n) is 12.5. The highest BCUT2D eigenvalue weighted by Crippen LogP contribution is 2.54. The summed E-state index contributed by atoms with van der Waals surface area (Å²) in [5, 5.41) is 31.4. The lowest BCUT2D eigenvalue weighted by Crippen LogP contribution is -2.57. The number of methoxy groups -OCH3 is 1. The molecule has 0 unspecified atom stereocenters. The molecule has 5 fully saturated rings. The van der Waals surface area contributed by atoms with Crippen molar-refractivity contribution in [3.05, 3.63) is 0 Å². The van der Waals surface area contributed by atoms with Gasteiger partial charge in [0.2, 0.25) is 0 Å². The van der Waals surface area contributed by atoms with Crippen molar-refractivity contribution in [2.24, 2.45) is 35.5 Å². The molecule has 10 heteroatoms. The Bertz CT molecular complexity index is 1040. The molecule has 0 radical (unpaired) electrons. The zero-order valence-corrected chi connectivity index (χ0v) is 28.9. The predicted molar refractivity (Wildman–Crippen MR) is 166 cm³/mol. The fourth-order valence-corrected chi connectivity index (χ4v) is 9.65. The summed E-state index contributed by atoms with van der Waals surface area (Å²) in [6.07, 6.45) is 3.17. The maximum Gasteiger partial charge on any atom is 0.308 e. The van der Waals surface area contributed by atoms with Crippen LogP contribution in [0.5, 0.6) is 0 Å². The normalized spacial score (nSPS) is 51.0. The fourth-order valence-electron chi connectivity index (χ4n) is 9.65. The highest BCUT2D eigenvalue weighted by Gasteiger charge is 2.62. The second kappa shape index (κ2) is 13.2. The van der Waals surface area contributed by atoms with Crippen LogP contribution in [0.4, 0.5) is 0 Å². The molecule has 17 atom stereocenters. The lowest BCUT2D eigenvalue weighted by Gasteiger charge is -2.48. The van der Waals surface area contributed by atoms with Crippen molar-refractivity contribution >= 4 is 5.97 Å². The van der Waals surface area contributed by atoms with Crippen molar-refractivity contribution in [1.29, 1.82) is 0 Å². The standard InChI is InChI=1S/C35H60O10/c1-10-34(30-19(3)16-25(41-30)27-18(2)15-20(4)32(39)42-27)12-11-26(43-34)33(8)13-14-35(45-33)17-24(36)21(5)29(44-35)22(6)28(40-9)23(7)31(37)38/h18-30,32,36,39H,10-17H2,1-9H3,(H,37,38)/t18-,19-,20+,21+,22-,23-,24-,25+,26+,27-,28+,29-,30+,32-,33-,34-,35+/m0/s1. The quantitative estimate of drug-likeness (QED) is 0.319. The van der Waals surface area contributed by atoms with Crippen LogP contribution in [-0.2, 0) is 33.2 Å². The highest BCUT2D eigenvalue weighted by molar-refractivity contribution is 5.70. The first-order valence-electron chi connectivity index (χ1n) is 17.6. The van der Waals surface area contributed by atoms with Crippen LogP contribution in [-0.4, -0.2) is 94.4 Å². The fraction of sp³-hybridized carbons (Fsp3) is 0.971. The average Bonchev–Trinajstić information content (AvgIpc) is 3.69. The van der Waals surface area contributed by atoms with Gasteiger partial charge in [-0.1, -0.05) is 41.5 Å². The van der Waals surface area contributed by atoms with E-state index in [9.17, 15) is 20.1 Å². The summed E-state index contributed by atoms with van der Waals surface area (Å²) in [5.41, 5.74) is -1.05. The monoisotopic (exact) mass is 640 g/mol. The molecule has 0 aliphatic carbocycles. The minimum absolute atomic E-state index is 0.0763. The maximum atomic E-state index is 11.8. The van der Waals surface area contributed by atoms with Crippen molar-refractivity contribution < 1.29 is 48.5 Å². The molecular formula is C35H60O10. The summed E-state index contributed by atoms with van der Waals surface area (Å²) in [4.78, 5) is 11.8.